The normalized spacial score (nSPS) is 28.4. The van der Waals surface area contributed by atoms with Crippen molar-refractivity contribution < 1.29 is 5.11 Å². The zero-order valence-corrected chi connectivity index (χ0v) is 12.3. The van der Waals surface area contributed by atoms with Crippen LogP contribution in [0.4, 0.5) is 0 Å². The van der Waals surface area contributed by atoms with Crippen molar-refractivity contribution >= 4 is 27.5 Å². The second-order valence-corrected chi connectivity index (χ2v) is 6.25. The summed E-state index contributed by atoms with van der Waals surface area (Å²) < 4.78 is 1.02. The van der Waals surface area contributed by atoms with E-state index in [0.717, 1.165) is 35.7 Å². The Labute approximate surface area is 120 Å². The molecule has 0 aromatic heterocycles. The van der Waals surface area contributed by atoms with Crippen LogP contribution in [-0.2, 0) is 6.42 Å². The number of fused-ring (bicyclic) bond motifs is 1. The summed E-state index contributed by atoms with van der Waals surface area (Å²) in [5.41, 5.74) is 2.39. The summed E-state index contributed by atoms with van der Waals surface area (Å²) >= 11 is 9.69. The summed E-state index contributed by atoms with van der Waals surface area (Å²) in [6.45, 7) is 3.93. The van der Waals surface area contributed by atoms with Crippen LogP contribution in [0.25, 0.3) is 0 Å². The van der Waals surface area contributed by atoms with Crippen molar-refractivity contribution in [2.75, 3.05) is 26.2 Å². The molecule has 98 valence electrons. The van der Waals surface area contributed by atoms with Crippen molar-refractivity contribution in [3.8, 4) is 0 Å². The summed E-state index contributed by atoms with van der Waals surface area (Å²) in [6, 6.07) is 4.01. The summed E-state index contributed by atoms with van der Waals surface area (Å²) in [5.74, 6) is 0. The van der Waals surface area contributed by atoms with Gasteiger partial charge in [0.25, 0.3) is 0 Å². The molecule has 1 aromatic rings. The van der Waals surface area contributed by atoms with Crippen LogP contribution in [0.1, 0.15) is 17.2 Å². The number of hydrogen-bond acceptors (Lipinski definition) is 3. The van der Waals surface area contributed by atoms with Crippen molar-refractivity contribution in [1.82, 2.24) is 10.2 Å². The van der Waals surface area contributed by atoms with Gasteiger partial charge in [-0.15, -0.1) is 0 Å². The molecule has 1 heterocycles. The van der Waals surface area contributed by atoms with Crippen LogP contribution < -0.4 is 5.32 Å². The van der Waals surface area contributed by atoms with E-state index >= 15 is 0 Å². The van der Waals surface area contributed by atoms with Gasteiger partial charge in [-0.1, -0.05) is 27.5 Å². The molecule has 3 rings (SSSR count). The number of aliphatic hydroxyl groups excluding tert-OH is 1. The molecule has 0 saturated carbocycles. The first-order valence-corrected chi connectivity index (χ1v) is 7.44. The minimum absolute atomic E-state index is 0.0945. The van der Waals surface area contributed by atoms with Crippen LogP contribution in [0, 0.1) is 0 Å². The number of piperazine rings is 1. The molecule has 0 unspecified atom stereocenters. The third-order valence-corrected chi connectivity index (χ3v) is 4.76. The van der Waals surface area contributed by atoms with Gasteiger partial charge in [0.15, 0.2) is 0 Å². The molecule has 2 aliphatic rings. The largest absolute Gasteiger partial charge is 0.391 e. The first-order chi connectivity index (χ1) is 8.66. The molecule has 2 atom stereocenters. The lowest BCUT2D eigenvalue weighted by molar-refractivity contribution is 0.0537. The summed E-state index contributed by atoms with van der Waals surface area (Å²) in [7, 11) is 0. The topological polar surface area (TPSA) is 35.5 Å². The number of halogens is 2. The van der Waals surface area contributed by atoms with Crippen molar-refractivity contribution in [1.29, 1.82) is 0 Å². The summed E-state index contributed by atoms with van der Waals surface area (Å²) in [4.78, 5) is 2.36. The van der Waals surface area contributed by atoms with Crippen LogP contribution in [0.15, 0.2) is 16.6 Å². The first-order valence-electron chi connectivity index (χ1n) is 6.27. The van der Waals surface area contributed by atoms with E-state index in [1.165, 1.54) is 11.1 Å². The number of nitrogens with one attached hydrogen (secondary N) is 1. The molecule has 1 saturated heterocycles. The third kappa shape index (κ3) is 2.21. The maximum absolute atomic E-state index is 10.4. The van der Waals surface area contributed by atoms with Crippen molar-refractivity contribution in [2.45, 2.75) is 18.6 Å². The second kappa shape index (κ2) is 5.10. The third-order valence-electron chi connectivity index (χ3n) is 3.84. The Hall–Kier alpha value is -0.130. The maximum atomic E-state index is 10.4. The Morgan fingerprint density at radius 2 is 2.06 bits per heavy atom. The monoisotopic (exact) mass is 330 g/mol. The number of benzene rings is 1. The first kappa shape index (κ1) is 12.9. The van der Waals surface area contributed by atoms with Gasteiger partial charge < -0.3 is 10.4 Å². The van der Waals surface area contributed by atoms with E-state index in [1.807, 2.05) is 12.1 Å². The standard InChI is InChI=1S/C13H16BrClN2O/c14-11-6-8(15)5-10-9(11)7-12(18)13(10)17-3-1-16-2-4-17/h5-6,12-13,16,18H,1-4,7H2/t12-,13-/m1/s1. The Kier molecular flexibility index (Phi) is 3.65. The fraction of sp³-hybridized carbons (Fsp3) is 0.538. The van der Waals surface area contributed by atoms with E-state index in [1.54, 1.807) is 0 Å². The molecule has 0 radical (unpaired) electrons. The molecule has 2 N–H and O–H groups in total. The van der Waals surface area contributed by atoms with Gasteiger partial charge in [0, 0.05) is 42.1 Å². The van der Waals surface area contributed by atoms with Crippen molar-refractivity contribution in [3.63, 3.8) is 0 Å². The SMILES string of the molecule is O[C@@H]1Cc2c(Br)cc(Cl)cc2[C@H]1N1CCNCC1. The fourth-order valence-electron chi connectivity index (χ4n) is 3.03. The molecule has 5 heteroatoms. The molecular weight excluding hydrogens is 316 g/mol. The molecule has 0 amide bonds. The lowest BCUT2D eigenvalue weighted by atomic mass is 10.1. The highest BCUT2D eigenvalue weighted by molar-refractivity contribution is 9.10. The highest BCUT2D eigenvalue weighted by Crippen LogP contribution is 2.41. The smallest absolute Gasteiger partial charge is 0.0777 e. The number of hydrogen-bond donors (Lipinski definition) is 2. The molecule has 1 aliphatic carbocycles. The average Bonchev–Trinajstić information content (AvgIpc) is 2.67. The quantitative estimate of drug-likeness (QED) is 0.826. The molecule has 0 bridgehead atoms. The van der Waals surface area contributed by atoms with E-state index in [2.05, 4.69) is 26.1 Å². The van der Waals surface area contributed by atoms with Gasteiger partial charge in [-0.3, -0.25) is 4.90 Å². The van der Waals surface area contributed by atoms with Crippen LogP contribution in [0.5, 0.6) is 0 Å². The lowest BCUT2D eigenvalue weighted by Crippen LogP contribution is -2.47. The Bertz CT molecular complexity index is 463. The van der Waals surface area contributed by atoms with Gasteiger partial charge in [0.05, 0.1) is 12.1 Å². The molecule has 1 fully saturated rings. The molecular formula is C13H16BrClN2O. The van der Waals surface area contributed by atoms with Gasteiger partial charge in [-0.2, -0.15) is 0 Å². The van der Waals surface area contributed by atoms with Crippen molar-refractivity contribution in [3.05, 3.63) is 32.8 Å². The Morgan fingerprint density at radius 3 is 2.78 bits per heavy atom. The zero-order chi connectivity index (χ0) is 12.7. The van der Waals surface area contributed by atoms with Crippen molar-refractivity contribution in [2.24, 2.45) is 0 Å². The maximum Gasteiger partial charge on any atom is 0.0777 e. The highest BCUT2D eigenvalue weighted by Gasteiger charge is 2.37. The lowest BCUT2D eigenvalue weighted by Gasteiger charge is -2.35. The van der Waals surface area contributed by atoms with E-state index in [0.29, 0.717) is 6.42 Å². The zero-order valence-electron chi connectivity index (χ0n) is 10.00. The number of aliphatic hydroxyl groups is 1. The van der Waals surface area contributed by atoms with Gasteiger partial charge in [-0.05, 0) is 23.3 Å². The predicted molar refractivity (Wildman–Crippen MR) is 76.0 cm³/mol. The van der Waals surface area contributed by atoms with E-state index in [4.69, 9.17) is 11.6 Å². The Balaban J connectivity index is 1.97. The Morgan fingerprint density at radius 1 is 1.33 bits per heavy atom. The molecule has 3 nitrogen and oxygen atoms in total. The van der Waals surface area contributed by atoms with Crippen LogP contribution in [0.2, 0.25) is 5.02 Å². The fourth-order valence-corrected chi connectivity index (χ4v) is 4.03. The predicted octanol–water partition coefficient (Wildman–Crippen LogP) is 1.97. The summed E-state index contributed by atoms with van der Waals surface area (Å²) in [5, 5.41) is 14.4. The molecule has 1 aliphatic heterocycles. The minimum atomic E-state index is -0.326. The second-order valence-electron chi connectivity index (χ2n) is 4.96. The summed E-state index contributed by atoms with van der Waals surface area (Å²) in [6.07, 6.45) is 0.384. The molecule has 1 aromatic carbocycles. The van der Waals surface area contributed by atoms with Gasteiger partial charge in [0.1, 0.15) is 0 Å². The van der Waals surface area contributed by atoms with Crippen LogP contribution in [0.3, 0.4) is 0 Å². The molecule has 18 heavy (non-hydrogen) atoms. The van der Waals surface area contributed by atoms with Gasteiger partial charge in [0.2, 0.25) is 0 Å². The van der Waals surface area contributed by atoms with Gasteiger partial charge in [-0.25, -0.2) is 0 Å². The van der Waals surface area contributed by atoms with Crippen LogP contribution >= 0.6 is 27.5 Å². The minimum Gasteiger partial charge on any atom is -0.391 e. The highest BCUT2D eigenvalue weighted by atomic mass is 79.9. The molecule has 0 spiro atoms. The average molecular weight is 332 g/mol. The van der Waals surface area contributed by atoms with E-state index in [-0.39, 0.29) is 12.1 Å². The van der Waals surface area contributed by atoms with Crippen LogP contribution in [-0.4, -0.2) is 42.3 Å². The number of rotatable bonds is 1. The van der Waals surface area contributed by atoms with E-state index < -0.39 is 0 Å². The number of nitrogens with zero attached hydrogens (tertiary/aromatic N) is 1. The van der Waals surface area contributed by atoms with E-state index in [9.17, 15) is 5.11 Å². The van der Waals surface area contributed by atoms with Gasteiger partial charge >= 0.3 is 0 Å².